The summed E-state index contributed by atoms with van der Waals surface area (Å²) in [6.07, 6.45) is 0.800. The van der Waals surface area contributed by atoms with Crippen LogP contribution in [0.4, 0.5) is 5.69 Å². The molecule has 0 aromatic heterocycles. The Kier molecular flexibility index (Phi) is 4.59. The molecule has 0 aliphatic rings. The van der Waals surface area contributed by atoms with E-state index >= 15 is 0 Å². The number of rotatable bonds is 4. The molecular formula is C11H14ClNO2. The van der Waals surface area contributed by atoms with E-state index in [1.54, 1.807) is 12.1 Å². The van der Waals surface area contributed by atoms with Crippen LogP contribution in [0.25, 0.3) is 0 Å². The average molecular weight is 228 g/mol. The van der Waals surface area contributed by atoms with Crippen LogP contribution < -0.4 is 5.32 Å². The first kappa shape index (κ1) is 12.0. The molecule has 0 unspecified atom stereocenters. The van der Waals surface area contributed by atoms with Crippen molar-refractivity contribution in [3.8, 4) is 0 Å². The van der Waals surface area contributed by atoms with E-state index in [9.17, 15) is 4.79 Å². The molecule has 1 aromatic carbocycles. The molecule has 0 bridgehead atoms. The highest BCUT2D eigenvalue weighted by Gasteiger charge is 2.04. The van der Waals surface area contributed by atoms with Gasteiger partial charge >= 0.3 is 0 Å². The molecule has 3 nitrogen and oxygen atoms in total. The molecule has 15 heavy (non-hydrogen) atoms. The van der Waals surface area contributed by atoms with Crippen LogP contribution in [0.2, 0.25) is 5.02 Å². The van der Waals surface area contributed by atoms with Crippen LogP contribution >= 0.6 is 11.6 Å². The number of hydrogen-bond donors (Lipinski definition) is 2. The summed E-state index contributed by atoms with van der Waals surface area (Å²) in [4.78, 5) is 11.4. The van der Waals surface area contributed by atoms with Crippen LogP contribution in [0.5, 0.6) is 0 Å². The van der Waals surface area contributed by atoms with E-state index in [2.05, 4.69) is 5.32 Å². The number of hydrogen-bond acceptors (Lipinski definition) is 2. The van der Waals surface area contributed by atoms with Crippen molar-refractivity contribution in [1.82, 2.24) is 0 Å². The van der Waals surface area contributed by atoms with Crippen molar-refractivity contribution in [1.29, 1.82) is 0 Å². The van der Waals surface area contributed by atoms with E-state index in [4.69, 9.17) is 16.7 Å². The minimum absolute atomic E-state index is 0.0297. The van der Waals surface area contributed by atoms with Crippen molar-refractivity contribution in [2.45, 2.75) is 19.8 Å². The second kappa shape index (κ2) is 5.73. The molecule has 2 N–H and O–H groups in total. The van der Waals surface area contributed by atoms with Crippen LogP contribution in [-0.4, -0.2) is 17.6 Å². The maximum Gasteiger partial charge on any atom is 0.224 e. The molecule has 0 fully saturated rings. The first-order chi connectivity index (χ1) is 7.13. The summed E-state index contributed by atoms with van der Waals surface area (Å²) in [5.74, 6) is -0.102. The normalized spacial score (nSPS) is 10.1. The highest BCUT2D eigenvalue weighted by molar-refractivity contribution is 6.31. The average Bonchev–Trinajstić information content (AvgIpc) is 2.20. The maximum atomic E-state index is 11.4. The molecule has 0 heterocycles. The summed E-state index contributed by atoms with van der Waals surface area (Å²) < 4.78 is 0. The second-order valence-electron chi connectivity index (χ2n) is 3.33. The fraction of sp³-hybridized carbons (Fsp3) is 0.364. The molecule has 0 atom stereocenters. The summed E-state index contributed by atoms with van der Waals surface area (Å²) in [7, 11) is 0. The van der Waals surface area contributed by atoms with Crippen molar-refractivity contribution < 1.29 is 9.90 Å². The highest BCUT2D eigenvalue weighted by atomic mass is 35.5. The predicted octanol–water partition coefficient (Wildman–Crippen LogP) is 2.36. The monoisotopic (exact) mass is 227 g/mol. The third kappa shape index (κ3) is 3.90. The number of carbonyl (C=O) groups excluding carboxylic acids is 1. The van der Waals surface area contributed by atoms with Gasteiger partial charge in [-0.3, -0.25) is 4.79 Å². The van der Waals surface area contributed by atoms with Gasteiger partial charge in [0, 0.05) is 23.7 Å². The van der Waals surface area contributed by atoms with Crippen LogP contribution in [0.3, 0.4) is 0 Å². The van der Waals surface area contributed by atoms with Crippen molar-refractivity contribution in [3.63, 3.8) is 0 Å². The zero-order valence-electron chi connectivity index (χ0n) is 8.59. The van der Waals surface area contributed by atoms with Gasteiger partial charge in [-0.15, -0.1) is 0 Å². The number of halogens is 1. The van der Waals surface area contributed by atoms with Crippen molar-refractivity contribution in [3.05, 3.63) is 28.8 Å². The molecule has 0 aliphatic carbocycles. The molecule has 4 heteroatoms. The van der Waals surface area contributed by atoms with Gasteiger partial charge in [0.05, 0.1) is 0 Å². The second-order valence-corrected chi connectivity index (χ2v) is 3.77. The van der Waals surface area contributed by atoms with E-state index in [-0.39, 0.29) is 12.5 Å². The molecule has 0 saturated heterocycles. The van der Waals surface area contributed by atoms with Crippen molar-refractivity contribution >= 4 is 23.2 Å². The Labute approximate surface area is 94.1 Å². The standard InChI is InChI=1S/C11H14ClNO2/c1-8-4-5-9(12)7-10(8)13-11(15)3-2-6-14/h4-5,7,14H,2-3,6H2,1H3,(H,13,15). The van der Waals surface area contributed by atoms with Crippen LogP contribution in [0.15, 0.2) is 18.2 Å². The number of amides is 1. The zero-order valence-corrected chi connectivity index (χ0v) is 9.34. The van der Waals surface area contributed by atoms with Gasteiger partial charge in [0.1, 0.15) is 0 Å². The lowest BCUT2D eigenvalue weighted by atomic mass is 10.2. The largest absolute Gasteiger partial charge is 0.396 e. The molecule has 82 valence electrons. The third-order valence-electron chi connectivity index (χ3n) is 2.04. The van der Waals surface area contributed by atoms with Gasteiger partial charge in [0.15, 0.2) is 0 Å². The molecule has 1 amide bonds. The number of aliphatic hydroxyl groups excluding tert-OH is 1. The zero-order chi connectivity index (χ0) is 11.3. The van der Waals surface area contributed by atoms with Crippen LogP contribution in [-0.2, 0) is 4.79 Å². The SMILES string of the molecule is Cc1ccc(Cl)cc1NC(=O)CCCO. The Morgan fingerprint density at radius 2 is 2.27 bits per heavy atom. The number of anilines is 1. The lowest BCUT2D eigenvalue weighted by molar-refractivity contribution is -0.116. The van der Waals surface area contributed by atoms with E-state index in [0.29, 0.717) is 17.9 Å². The number of benzene rings is 1. The fourth-order valence-corrected chi connectivity index (χ4v) is 1.35. The highest BCUT2D eigenvalue weighted by Crippen LogP contribution is 2.20. The van der Waals surface area contributed by atoms with E-state index in [0.717, 1.165) is 11.3 Å². The summed E-state index contributed by atoms with van der Waals surface area (Å²) in [6, 6.07) is 5.35. The van der Waals surface area contributed by atoms with Gasteiger partial charge in [-0.25, -0.2) is 0 Å². The number of aryl methyl sites for hydroxylation is 1. The van der Waals surface area contributed by atoms with E-state index in [1.807, 2.05) is 13.0 Å². The Morgan fingerprint density at radius 3 is 2.93 bits per heavy atom. The smallest absolute Gasteiger partial charge is 0.224 e. The number of aliphatic hydroxyl groups is 1. The molecular weight excluding hydrogens is 214 g/mol. The summed E-state index contributed by atoms with van der Waals surface area (Å²) in [5.41, 5.74) is 1.70. The maximum absolute atomic E-state index is 11.4. The van der Waals surface area contributed by atoms with Gasteiger partial charge in [0.2, 0.25) is 5.91 Å². The molecule has 0 spiro atoms. The quantitative estimate of drug-likeness (QED) is 0.830. The predicted molar refractivity (Wildman–Crippen MR) is 61.1 cm³/mol. The molecule has 0 aliphatic heterocycles. The van der Waals surface area contributed by atoms with Crippen molar-refractivity contribution in [2.75, 3.05) is 11.9 Å². The number of carbonyl (C=O) groups is 1. The van der Waals surface area contributed by atoms with Gasteiger partial charge in [-0.05, 0) is 31.0 Å². The fourth-order valence-electron chi connectivity index (χ4n) is 1.18. The Bertz CT molecular complexity index is 352. The third-order valence-corrected chi connectivity index (χ3v) is 2.27. The lowest BCUT2D eigenvalue weighted by Gasteiger charge is -2.08. The summed E-state index contributed by atoms with van der Waals surface area (Å²) >= 11 is 5.81. The van der Waals surface area contributed by atoms with Gasteiger partial charge in [-0.2, -0.15) is 0 Å². The first-order valence-electron chi connectivity index (χ1n) is 4.80. The summed E-state index contributed by atoms with van der Waals surface area (Å²) in [5, 5.41) is 11.9. The topological polar surface area (TPSA) is 49.3 Å². The van der Waals surface area contributed by atoms with E-state index in [1.165, 1.54) is 0 Å². The van der Waals surface area contributed by atoms with Crippen LogP contribution in [0, 0.1) is 6.92 Å². The Balaban J connectivity index is 2.63. The Hall–Kier alpha value is -1.06. The van der Waals surface area contributed by atoms with Gasteiger partial charge < -0.3 is 10.4 Å². The lowest BCUT2D eigenvalue weighted by Crippen LogP contribution is -2.12. The molecule has 1 rings (SSSR count). The molecule has 1 aromatic rings. The Morgan fingerprint density at radius 1 is 1.53 bits per heavy atom. The molecule has 0 radical (unpaired) electrons. The van der Waals surface area contributed by atoms with Crippen LogP contribution in [0.1, 0.15) is 18.4 Å². The minimum atomic E-state index is -0.102. The van der Waals surface area contributed by atoms with Gasteiger partial charge in [0.25, 0.3) is 0 Å². The summed E-state index contributed by atoms with van der Waals surface area (Å²) in [6.45, 7) is 1.93. The number of nitrogens with one attached hydrogen (secondary N) is 1. The molecule has 0 saturated carbocycles. The van der Waals surface area contributed by atoms with Gasteiger partial charge in [-0.1, -0.05) is 17.7 Å². The van der Waals surface area contributed by atoms with Crippen molar-refractivity contribution in [2.24, 2.45) is 0 Å². The van der Waals surface area contributed by atoms with E-state index < -0.39 is 0 Å². The first-order valence-corrected chi connectivity index (χ1v) is 5.18. The minimum Gasteiger partial charge on any atom is -0.396 e.